The molecule has 0 aliphatic carbocycles. The van der Waals surface area contributed by atoms with Crippen molar-refractivity contribution in [3.63, 3.8) is 0 Å². The van der Waals surface area contributed by atoms with Crippen LogP contribution in [0.1, 0.15) is 34.6 Å². The minimum atomic E-state index is -0.000294. The Hall–Kier alpha value is -3.03. The first kappa shape index (κ1) is 20.3. The van der Waals surface area contributed by atoms with E-state index in [1.54, 1.807) is 0 Å². The third-order valence-corrected chi connectivity index (χ3v) is 5.54. The number of carbonyl (C=O) groups excluding carboxylic acids is 1. The standard InChI is InChI=1S/C23H25N5OS/c29-22(19-9-5-2-6-10-19)24-20-13-15-27(16-14-20)17-28-23(30)25-21(26-28)12-11-18-7-3-1-4-8-18/h1-12,20H,13-17H2,(H,24,29)(H,25,26,30)/b12-11+. The number of amides is 1. The molecule has 1 aromatic heterocycles. The molecule has 4 rings (SSSR count). The Bertz CT molecular complexity index is 1050. The third-order valence-electron chi connectivity index (χ3n) is 5.23. The number of aromatic amines is 1. The van der Waals surface area contributed by atoms with E-state index in [0.29, 0.717) is 17.0 Å². The van der Waals surface area contributed by atoms with Gasteiger partial charge in [-0.15, -0.1) is 0 Å². The average molecular weight is 420 g/mol. The molecule has 1 saturated heterocycles. The molecule has 0 unspecified atom stereocenters. The van der Waals surface area contributed by atoms with Gasteiger partial charge in [-0.05, 0) is 48.8 Å². The molecule has 1 aliphatic heterocycles. The summed E-state index contributed by atoms with van der Waals surface area (Å²) in [5.41, 5.74) is 1.82. The molecule has 6 nitrogen and oxygen atoms in total. The summed E-state index contributed by atoms with van der Waals surface area (Å²) in [6, 6.07) is 19.7. The second-order valence-electron chi connectivity index (χ2n) is 7.44. The maximum atomic E-state index is 12.3. The second kappa shape index (κ2) is 9.65. The topological polar surface area (TPSA) is 66.0 Å². The molecule has 154 valence electrons. The van der Waals surface area contributed by atoms with Gasteiger partial charge in [-0.3, -0.25) is 14.8 Å². The monoisotopic (exact) mass is 419 g/mol. The molecule has 30 heavy (non-hydrogen) atoms. The molecule has 2 heterocycles. The fourth-order valence-corrected chi connectivity index (χ4v) is 3.76. The lowest BCUT2D eigenvalue weighted by atomic mass is 10.0. The van der Waals surface area contributed by atoms with Gasteiger partial charge in [-0.1, -0.05) is 54.6 Å². The van der Waals surface area contributed by atoms with Gasteiger partial charge < -0.3 is 5.32 Å². The van der Waals surface area contributed by atoms with E-state index >= 15 is 0 Å². The number of hydrogen-bond acceptors (Lipinski definition) is 4. The lowest BCUT2D eigenvalue weighted by Gasteiger charge is -2.32. The highest BCUT2D eigenvalue weighted by Gasteiger charge is 2.21. The Balaban J connectivity index is 1.29. The van der Waals surface area contributed by atoms with E-state index in [9.17, 15) is 4.79 Å². The average Bonchev–Trinajstić information content (AvgIpc) is 3.14. The van der Waals surface area contributed by atoms with Crippen LogP contribution in [0, 0.1) is 4.77 Å². The predicted molar refractivity (Wildman–Crippen MR) is 121 cm³/mol. The molecule has 0 radical (unpaired) electrons. The minimum Gasteiger partial charge on any atom is -0.349 e. The molecule has 1 fully saturated rings. The first-order valence-corrected chi connectivity index (χ1v) is 10.6. The molecule has 2 aromatic carbocycles. The molecular weight excluding hydrogens is 394 g/mol. The van der Waals surface area contributed by atoms with Crippen LogP contribution in [0.15, 0.2) is 60.7 Å². The van der Waals surface area contributed by atoms with Gasteiger partial charge in [-0.2, -0.15) is 4.98 Å². The van der Waals surface area contributed by atoms with E-state index in [1.165, 1.54) is 0 Å². The lowest BCUT2D eigenvalue weighted by molar-refractivity contribution is 0.0896. The first-order valence-electron chi connectivity index (χ1n) is 10.2. The van der Waals surface area contributed by atoms with E-state index in [1.807, 2.05) is 77.5 Å². The highest BCUT2D eigenvalue weighted by molar-refractivity contribution is 7.71. The molecule has 0 bridgehead atoms. The van der Waals surface area contributed by atoms with Crippen molar-refractivity contribution in [1.82, 2.24) is 25.0 Å². The number of likely N-dealkylation sites (tertiary alicyclic amines) is 1. The molecule has 2 N–H and O–H groups in total. The number of benzene rings is 2. The van der Waals surface area contributed by atoms with Crippen LogP contribution in [0.3, 0.4) is 0 Å². The van der Waals surface area contributed by atoms with Crippen LogP contribution < -0.4 is 5.32 Å². The van der Waals surface area contributed by atoms with Crippen LogP contribution in [0.25, 0.3) is 12.2 Å². The Morgan fingerprint density at radius 2 is 1.73 bits per heavy atom. The van der Waals surface area contributed by atoms with E-state index in [2.05, 4.69) is 20.3 Å². The summed E-state index contributed by atoms with van der Waals surface area (Å²) in [4.78, 5) is 19.1. The number of H-pyrrole nitrogens is 1. The lowest BCUT2D eigenvalue weighted by Crippen LogP contribution is -2.45. The molecule has 7 heteroatoms. The van der Waals surface area contributed by atoms with E-state index in [0.717, 1.165) is 37.3 Å². The van der Waals surface area contributed by atoms with Crippen molar-refractivity contribution in [3.8, 4) is 0 Å². The number of piperidine rings is 1. The maximum absolute atomic E-state index is 12.3. The van der Waals surface area contributed by atoms with Gasteiger partial charge in [0.2, 0.25) is 4.77 Å². The van der Waals surface area contributed by atoms with Crippen LogP contribution in [0.4, 0.5) is 0 Å². The van der Waals surface area contributed by atoms with Crippen molar-refractivity contribution >= 4 is 30.3 Å². The van der Waals surface area contributed by atoms with Crippen molar-refractivity contribution in [2.24, 2.45) is 0 Å². The van der Waals surface area contributed by atoms with Crippen LogP contribution in [0.5, 0.6) is 0 Å². The summed E-state index contributed by atoms with van der Waals surface area (Å²) in [7, 11) is 0. The summed E-state index contributed by atoms with van der Waals surface area (Å²) in [6.45, 7) is 2.47. The zero-order chi connectivity index (χ0) is 20.8. The van der Waals surface area contributed by atoms with Gasteiger partial charge in [0.1, 0.15) is 5.82 Å². The Kier molecular flexibility index (Phi) is 6.51. The summed E-state index contributed by atoms with van der Waals surface area (Å²) in [6.07, 6.45) is 5.79. The summed E-state index contributed by atoms with van der Waals surface area (Å²) >= 11 is 5.41. The number of nitrogens with zero attached hydrogens (tertiary/aromatic N) is 3. The smallest absolute Gasteiger partial charge is 0.251 e. The van der Waals surface area contributed by atoms with Gasteiger partial charge >= 0.3 is 0 Å². The fraction of sp³-hybridized carbons (Fsp3) is 0.261. The van der Waals surface area contributed by atoms with Crippen molar-refractivity contribution in [3.05, 3.63) is 82.4 Å². The quantitative estimate of drug-likeness (QED) is 0.594. The van der Waals surface area contributed by atoms with Gasteiger partial charge in [-0.25, -0.2) is 4.68 Å². The highest BCUT2D eigenvalue weighted by Crippen LogP contribution is 2.13. The van der Waals surface area contributed by atoms with Crippen LogP contribution >= 0.6 is 12.2 Å². The molecule has 0 spiro atoms. The van der Waals surface area contributed by atoms with Gasteiger partial charge in [0.25, 0.3) is 5.91 Å². The number of hydrogen-bond donors (Lipinski definition) is 2. The van der Waals surface area contributed by atoms with Crippen LogP contribution in [-0.2, 0) is 6.67 Å². The maximum Gasteiger partial charge on any atom is 0.251 e. The molecule has 0 saturated carbocycles. The predicted octanol–water partition coefficient (Wildman–Crippen LogP) is 3.96. The van der Waals surface area contributed by atoms with Crippen molar-refractivity contribution in [2.45, 2.75) is 25.6 Å². The van der Waals surface area contributed by atoms with Crippen molar-refractivity contribution in [1.29, 1.82) is 0 Å². The van der Waals surface area contributed by atoms with Gasteiger partial charge in [0.05, 0.1) is 6.67 Å². The van der Waals surface area contributed by atoms with E-state index in [4.69, 9.17) is 12.2 Å². The summed E-state index contributed by atoms with van der Waals surface area (Å²) in [5, 5.41) is 6.41. The van der Waals surface area contributed by atoms with Crippen LogP contribution in [-0.4, -0.2) is 44.7 Å². The highest BCUT2D eigenvalue weighted by atomic mass is 32.1. The summed E-state index contributed by atoms with van der Waals surface area (Å²) in [5.74, 6) is 0.744. The largest absolute Gasteiger partial charge is 0.349 e. The normalized spacial score (nSPS) is 15.5. The molecule has 1 amide bonds. The Morgan fingerprint density at radius 1 is 1.07 bits per heavy atom. The number of aromatic nitrogens is 3. The van der Waals surface area contributed by atoms with Crippen molar-refractivity contribution < 1.29 is 4.79 Å². The van der Waals surface area contributed by atoms with Gasteiger partial charge in [0.15, 0.2) is 0 Å². The third kappa shape index (κ3) is 5.31. The molecule has 1 aliphatic rings. The molecular formula is C23H25N5OS. The van der Waals surface area contributed by atoms with Crippen molar-refractivity contribution in [2.75, 3.05) is 13.1 Å². The molecule has 3 aromatic rings. The number of rotatable bonds is 6. The Morgan fingerprint density at radius 3 is 2.43 bits per heavy atom. The first-order chi connectivity index (χ1) is 14.7. The van der Waals surface area contributed by atoms with Gasteiger partial charge in [0, 0.05) is 24.7 Å². The SMILES string of the molecule is O=C(NC1CCN(Cn2[nH]c(/C=C/c3ccccc3)nc2=S)CC1)c1ccccc1. The fourth-order valence-electron chi connectivity index (χ4n) is 3.56. The second-order valence-corrected chi connectivity index (χ2v) is 7.80. The zero-order valence-corrected chi connectivity index (χ0v) is 17.5. The Labute approximate surface area is 181 Å². The molecule has 0 atom stereocenters. The van der Waals surface area contributed by atoms with E-state index in [-0.39, 0.29) is 11.9 Å². The zero-order valence-electron chi connectivity index (χ0n) is 16.7. The number of nitrogens with one attached hydrogen (secondary N) is 2. The van der Waals surface area contributed by atoms with E-state index < -0.39 is 0 Å². The number of carbonyl (C=O) groups is 1. The van der Waals surface area contributed by atoms with Crippen LogP contribution in [0.2, 0.25) is 0 Å². The minimum absolute atomic E-state index is 0.000294. The summed E-state index contributed by atoms with van der Waals surface area (Å²) < 4.78 is 2.44.